The highest BCUT2D eigenvalue weighted by Crippen LogP contribution is 2.30. The Kier molecular flexibility index (Phi) is 7.26. The summed E-state index contributed by atoms with van der Waals surface area (Å²) in [7, 11) is 0. The van der Waals surface area contributed by atoms with Crippen molar-refractivity contribution in [1.82, 2.24) is 24.4 Å². The lowest BCUT2D eigenvalue weighted by Gasteiger charge is -2.19. The second-order valence-corrected chi connectivity index (χ2v) is 8.76. The van der Waals surface area contributed by atoms with Crippen LogP contribution in [-0.2, 0) is 14.2 Å². The van der Waals surface area contributed by atoms with Crippen LogP contribution in [0.1, 0.15) is 36.4 Å². The van der Waals surface area contributed by atoms with Crippen LogP contribution >= 0.6 is 0 Å². The predicted molar refractivity (Wildman–Crippen MR) is 121 cm³/mol. The van der Waals surface area contributed by atoms with Crippen LogP contribution in [0.15, 0.2) is 31.6 Å². The molecule has 0 radical (unpaired) electrons. The maximum Gasteiger partial charge on any atom is 0.407 e. The zero-order chi connectivity index (χ0) is 26.1. The zero-order valence-electron chi connectivity index (χ0n) is 19.5. The fraction of sp³-hybridized carbons (Fsp3) is 0.571. The van der Waals surface area contributed by atoms with E-state index in [4.69, 9.17) is 14.2 Å². The van der Waals surface area contributed by atoms with E-state index in [1.54, 1.807) is 0 Å². The number of aromatic nitrogens is 4. The number of carbonyl (C=O) groups excluding carboxylic acids is 1. The fourth-order valence-electron chi connectivity index (χ4n) is 4.19. The van der Waals surface area contributed by atoms with Crippen molar-refractivity contribution in [3.8, 4) is 0 Å². The molecule has 196 valence electrons. The Morgan fingerprint density at radius 3 is 2.08 bits per heavy atom. The first-order valence-electron chi connectivity index (χ1n) is 11.3. The number of H-pyrrole nitrogens is 2. The summed E-state index contributed by atoms with van der Waals surface area (Å²) in [4.78, 5) is 64.1. The Labute approximate surface area is 202 Å². The third kappa shape index (κ3) is 5.18. The van der Waals surface area contributed by atoms with Gasteiger partial charge in [0.1, 0.15) is 30.8 Å². The van der Waals surface area contributed by atoms with Crippen LogP contribution in [0.3, 0.4) is 0 Å². The molecule has 2 fully saturated rings. The average molecular weight is 509 g/mol. The van der Waals surface area contributed by atoms with Crippen molar-refractivity contribution in [3.63, 3.8) is 0 Å². The summed E-state index contributed by atoms with van der Waals surface area (Å²) in [6.45, 7) is 2.42. The second-order valence-electron chi connectivity index (χ2n) is 8.76. The molecule has 4 rings (SSSR count). The summed E-state index contributed by atoms with van der Waals surface area (Å²) in [5.41, 5.74) is -1.84. The number of aliphatic hydroxyl groups is 2. The molecule has 1 amide bonds. The van der Waals surface area contributed by atoms with Gasteiger partial charge in [-0.3, -0.25) is 28.7 Å². The molecule has 0 spiro atoms. The topological polar surface area (TPSA) is 207 Å². The number of ether oxygens (including phenoxy) is 3. The van der Waals surface area contributed by atoms with Gasteiger partial charge in [-0.05, 0) is 13.8 Å². The van der Waals surface area contributed by atoms with Crippen molar-refractivity contribution >= 4 is 6.09 Å². The number of alkyl carbamates (subject to hydrolysis) is 1. The van der Waals surface area contributed by atoms with Gasteiger partial charge in [0, 0.05) is 42.9 Å². The molecular weight excluding hydrogens is 482 g/mol. The lowest BCUT2D eigenvalue weighted by molar-refractivity contribution is -0.0495. The van der Waals surface area contributed by atoms with Gasteiger partial charge in [-0.25, -0.2) is 14.4 Å². The van der Waals surface area contributed by atoms with Crippen LogP contribution in [0.4, 0.5) is 4.79 Å². The first-order valence-corrected chi connectivity index (χ1v) is 11.3. The van der Waals surface area contributed by atoms with Crippen molar-refractivity contribution in [1.29, 1.82) is 0 Å². The maximum atomic E-state index is 12.4. The van der Waals surface area contributed by atoms with E-state index in [1.165, 1.54) is 30.8 Å². The minimum atomic E-state index is -1.01. The van der Waals surface area contributed by atoms with E-state index in [9.17, 15) is 34.2 Å². The number of hydrogen-bond donors (Lipinski definition) is 5. The van der Waals surface area contributed by atoms with E-state index in [-0.39, 0.29) is 24.9 Å². The third-order valence-electron chi connectivity index (χ3n) is 6.18. The van der Waals surface area contributed by atoms with Gasteiger partial charge in [-0.2, -0.15) is 0 Å². The van der Waals surface area contributed by atoms with Gasteiger partial charge in [0.15, 0.2) is 0 Å². The van der Waals surface area contributed by atoms with Crippen LogP contribution in [-0.4, -0.2) is 73.0 Å². The number of amides is 1. The number of hydrogen-bond acceptors (Lipinski definition) is 10. The summed E-state index contributed by atoms with van der Waals surface area (Å²) in [5, 5.41) is 22.4. The molecule has 15 nitrogen and oxygen atoms in total. The Bertz CT molecular complexity index is 1360. The second kappa shape index (κ2) is 10.2. The zero-order valence-corrected chi connectivity index (χ0v) is 19.5. The molecule has 4 heterocycles. The summed E-state index contributed by atoms with van der Waals surface area (Å²) in [6, 6.07) is 0. The highest BCUT2D eigenvalue weighted by molar-refractivity contribution is 5.67. The molecule has 0 saturated carbocycles. The number of carbonyl (C=O) groups is 1. The third-order valence-corrected chi connectivity index (χ3v) is 6.18. The van der Waals surface area contributed by atoms with Gasteiger partial charge in [-0.1, -0.05) is 0 Å². The van der Waals surface area contributed by atoms with Crippen molar-refractivity contribution in [3.05, 3.63) is 65.2 Å². The molecule has 0 unspecified atom stereocenters. The van der Waals surface area contributed by atoms with Gasteiger partial charge in [0.25, 0.3) is 11.1 Å². The molecule has 5 N–H and O–H groups in total. The Hall–Kier alpha value is -3.53. The Morgan fingerprint density at radius 2 is 1.53 bits per heavy atom. The van der Waals surface area contributed by atoms with Gasteiger partial charge in [0.2, 0.25) is 0 Å². The molecule has 2 aliphatic rings. The van der Waals surface area contributed by atoms with Gasteiger partial charge < -0.3 is 29.7 Å². The van der Waals surface area contributed by atoms with Gasteiger partial charge in [0.05, 0.1) is 12.7 Å². The number of nitrogens with zero attached hydrogens (tertiary/aromatic N) is 2. The Balaban J connectivity index is 1.35. The van der Waals surface area contributed by atoms with Gasteiger partial charge in [-0.15, -0.1) is 0 Å². The average Bonchev–Trinajstić information content (AvgIpc) is 3.40. The molecule has 0 aromatic carbocycles. The fourth-order valence-corrected chi connectivity index (χ4v) is 4.19. The predicted octanol–water partition coefficient (Wildman–Crippen LogP) is -2.27. The first-order chi connectivity index (χ1) is 17.1. The quantitative estimate of drug-likeness (QED) is 0.282. The van der Waals surface area contributed by atoms with E-state index < -0.39 is 72.1 Å². The summed E-state index contributed by atoms with van der Waals surface area (Å²) >= 11 is 0. The molecular formula is C21H27N5O10. The van der Waals surface area contributed by atoms with Crippen LogP contribution in [0, 0.1) is 13.8 Å². The van der Waals surface area contributed by atoms with Crippen LogP contribution in [0.5, 0.6) is 0 Å². The Morgan fingerprint density at radius 1 is 1.00 bits per heavy atom. The highest BCUT2D eigenvalue weighted by atomic mass is 16.6. The molecule has 2 aliphatic heterocycles. The van der Waals surface area contributed by atoms with Crippen LogP contribution in [0.25, 0.3) is 0 Å². The van der Waals surface area contributed by atoms with Crippen molar-refractivity contribution in [2.75, 3.05) is 13.2 Å². The van der Waals surface area contributed by atoms with Gasteiger partial charge >= 0.3 is 17.5 Å². The van der Waals surface area contributed by atoms with Crippen molar-refractivity contribution in [2.24, 2.45) is 0 Å². The lowest BCUT2D eigenvalue weighted by atomic mass is 10.2. The number of nitrogens with one attached hydrogen (secondary N) is 3. The summed E-state index contributed by atoms with van der Waals surface area (Å²) in [6.07, 6.45) is -3.49. The van der Waals surface area contributed by atoms with E-state index in [1.807, 2.05) is 0 Å². The summed E-state index contributed by atoms with van der Waals surface area (Å²) < 4.78 is 19.0. The van der Waals surface area contributed by atoms with Crippen molar-refractivity contribution in [2.45, 2.75) is 63.6 Å². The normalized spacial score (nSPS) is 27.8. The van der Waals surface area contributed by atoms with E-state index in [0.29, 0.717) is 5.56 Å². The van der Waals surface area contributed by atoms with Crippen molar-refractivity contribution < 1.29 is 29.2 Å². The molecule has 0 bridgehead atoms. The number of rotatable bonds is 6. The molecule has 6 atom stereocenters. The molecule has 0 aliphatic carbocycles. The maximum absolute atomic E-state index is 12.4. The van der Waals surface area contributed by atoms with Crippen LogP contribution in [0.2, 0.25) is 0 Å². The summed E-state index contributed by atoms with van der Waals surface area (Å²) in [5.74, 6) is 0. The highest BCUT2D eigenvalue weighted by Gasteiger charge is 2.40. The molecule has 2 saturated heterocycles. The van der Waals surface area contributed by atoms with E-state index >= 15 is 0 Å². The smallest absolute Gasteiger partial charge is 0.407 e. The number of aromatic amines is 2. The first kappa shape index (κ1) is 25.6. The van der Waals surface area contributed by atoms with E-state index in [0.717, 1.165) is 4.57 Å². The standard InChI is InChI=1S/C21H27N5O10/c1-9-6-25(19(31)23-17(9)29)15-3-11(28)13(34-15)5-22-21(33)36-12-4-16(35-14(12)8-27)26-7-10(2)18(30)24-20(26)32/h6-7,11-16,27-28H,3-5,8H2,1-2H3,(H,22,33)(H,23,29,31)(H,24,30,32)/t11-,12-,13+,14+,15+,16+/m0/s1. The monoisotopic (exact) mass is 509 g/mol. The number of aliphatic hydroxyl groups excluding tert-OH is 2. The van der Waals surface area contributed by atoms with Crippen LogP contribution < -0.4 is 27.8 Å². The largest absolute Gasteiger partial charge is 0.443 e. The molecule has 15 heteroatoms. The number of aryl methyl sites for hydroxylation is 2. The molecule has 36 heavy (non-hydrogen) atoms. The van der Waals surface area contributed by atoms with E-state index in [2.05, 4.69) is 15.3 Å². The molecule has 2 aromatic heterocycles. The molecule has 2 aromatic rings. The SMILES string of the molecule is Cc1cn([C@H]2C[C@H](OC(=O)NC[C@H]3O[C@@H](n4cc(C)c(=O)[nH]c4=O)C[C@@H]3O)[C@@H](CO)O2)c(=O)[nH]c1=O. The minimum Gasteiger partial charge on any atom is -0.443 e. The minimum absolute atomic E-state index is 0.0448. The lowest BCUT2D eigenvalue weighted by Crippen LogP contribution is -2.40.